The number of aryl methyl sites for hydroxylation is 1. The van der Waals surface area contributed by atoms with Gasteiger partial charge in [0.05, 0.1) is 17.0 Å². The zero-order chi connectivity index (χ0) is 22.2. The van der Waals surface area contributed by atoms with Crippen molar-refractivity contribution in [2.45, 2.75) is 51.2 Å². The molecule has 1 aliphatic heterocycles. The summed E-state index contributed by atoms with van der Waals surface area (Å²) in [7, 11) is 0. The number of thiophene rings is 1. The van der Waals surface area contributed by atoms with Gasteiger partial charge < -0.3 is 10.2 Å². The molecule has 3 atom stereocenters. The first-order valence-electron chi connectivity index (χ1n) is 10.5. The van der Waals surface area contributed by atoms with Crippen molar-refractivity contribution in [3.05, 3.63) is 69.9 Å². The maximum atomic E-state index is 12.2. The van der Waals surface area contributed by atoms with E-state index >= 15 is 0 Å². The molecule has 0 spiro atoms. The fourth-order valence-corrected chi connectivity index (χ4v) is 4.24. The Labute approximate surface area is 187 Å². The molecule has 0 aliphatic carbocycles. The van der Waals surface area contributed by atoms with E-state index in [9.17, 15) is 14.7 Å². The normalized spacial score (nSPS) is 18.1. The molecule has 1 amide bonds. The van der Waals surface area contributed by atoms with E-state index in [4.69, 9.17) is 5.11 Å². The molecule has 5 nitrogen and oxygen atoms in total. The van der Waals surface area contributed by atoms with Crippen LogP contribution in [0.1, 0.15) is 52.7 Å². The highest BCUT2D eigenvalue weighted by molar-refractivity contribution is 7.14. The monoisotopic (exact) mass is 437 g/mol. The van der Waals surface area contributed by atoms with Gasteiger partial charge in [-0.15, -0.1) is 11.3 Å². The minimum absolute atomic E-state index is 0.0532. The van der Waals surface area contributed by atoms with Crippen LogP contribution in [-0.2, 0) is 11.2 Å². The second kappa shape index (κ2) is 10.9. The molecule has 1 aliphatic rings. The maximum absolute atomic E-state index is 12.2. The van der Waals surface area contributed by atoms with Gasteiger partial charge in [-0.05, 0) is 55.2 Å². The van der Waals surface area contributed by atoms with E-state index in [0.717, 1.165) is 30.6 Å². The SMILES string of the molecule is CC(CCCc1ccccc1)[C@H](O)/C=C/[C@H]1CCC(=O)N1C#Cc1ccc(C(=O)O)s1. The molecule has 0 saturated carbocycles. The van der Waals surface area contributed by atoms with E-state index in [2.05, 4.69) is 24.1 Å². The van der Waals surface area contributed by atoms with Crippen molar-refractivity contribution in [1.82, 2.24) is 4.90 Å². The second-order valence-electron chi connectivity index (χ2n) is 7.81. The minimum Gasteiger partial charge on any atom is -0.477 e. The molecule has 31 heavy (non-hydrogen) atoms. The predicted molar refractivity (Wildman–Crippen MR) is 122 cm³/mol. The molecule has 2 heterocycles. The Kier molecular flexibility index (Phi) is 8.05. The third kappa shape index (κ3) is 6.55. The topological polar surface area (TPSA) is 77.8 Å². The van der Waals surface area contributed by atoms with E-state index in [0.29, 0.717) is 17.7 Å². The fourth-order valence-electron chi connectivity index (χ4n) is 3.54. The molecule has 162 valence electrons. The summed E-state index contributed by atoms with van der Waals surface area (Å²) in [6, 6.07) is 16.2. The molecule has 2 aromatic rings. The lowest BCUT2D eigenvalue weighted by atomic mass is 9.95. The van der Waals surface area contributed by atoms with Gasteiger partial charge in [-0.3, -0.25) is 9.69 Å². The van der Waals surface area contributed by atoms with Crippen LogP contribution in [0.2, 0.25) is 0 Å². The van der Waals surface area contributed by atoms with Crippen LogP contribution >= 0.6 is 11.3 Å². The number of hydrogen-bond donors (Lipinski definition) is 2. The second-order valence-corrected chi connectivity index (χ2v) is 8.89. The number of carboxylic acid groups (broad SMARTS) is 1. The van der Waals surface area contributed by atoms with Gasteiger partial charge in [0.1, 0.15) is 4.88 Å². The van der Waals surface area contributed by atoms with E-state index in [1.165, 1.54) is 16.5 Å². The van der Waals surface area contributed by atoms with Crippen LogP contribution in [0.5, 0.6) is 0 Å². The Hall–Kier alpha value is -2.88. The molecule has 1 aromatic carbocycles. The summed E-state index contributed by atoms with van der Waals surface area (Å²) >= 11 is 1.09. The maximum Gasteiger partial charge on any atom is 0.345 e. The van der Waals surface area contributed by atoms with Crippen LogP contribution < -0.4 is 0 Å². The third-order valence-electron chi connectivity index (χ3n) is 5.45. The first kappa shape index (κ1) is 22.8. The average molecular weight is 438 g/mol. The Balaban J connectivity index is 1.53. The number of aromatic carboxylic acids is 1. The highest BCUT2D eigenvalue weighted by Crippen LogP contribution is 2.21. The van der Waals surface area contributed by atoms with Crippen molar-refractivity contribution in [3.63, 3.8) is 0 Å². The summed E-state index contributed by atoms with van der Waals surface area (Å²) in [6.07, 6.45) is 7.06. The van der Waals surface area contributed by atoms with Crippen molar-refractivity contribution in [3.8, 4) is 12.0 Å². The van der Waals surface area contributed by atoms with Crippen LogP contribution in [0.4, 0.5) is 0 Å². The predicted octanol–water partition coefficient (Wildman–Crippen LogP) is 4.32. The summed E-state index contributed by atoms with van der Waals surface area (Å²) in [5.41, 5.74) is 1.31. The largest absolute Gasteiger partial charge is 0.477 e. The van der Waals surface area contributed by atoms with Crippen LogP contribution in [-0.4, -0.2) is 39.1 Å². The number of rotatable bonds is 8. The first-order chi connectivity index (χ1) is 14.9. The smallest absolute Gasteiger partial charge is 0.345 e. The van der Waals surface area contributed by atoms with Crippen molar-refractivity contribution in [2.24, 2.45) is 5.92 Å². The van der Waals surface area contributed by atoms with Crippen LogP contribution in [0.25, 0.3) is 0 Å². The summed E-state index contributed by atoms with van der Waals surface area (Å²) < 4.78 is 0. The molecule has 1 saturated heterocycles. The zero-order valence-electron chi connectivity index (χ0n) is 17.5. The summed E-state index contributed by atoms with van der Waals surface area (Å²) in [6.45, 7) is 2.04. The average Bonchev–Trinajstić information content (AvgIpc) is 3.38. The number of aliphatic hydroxyl groups excluding tert-OH is 1. The molecule has 1 aromatic heterocycles. The van der Waals surface area contributed by atoms with Gasteiger partial charge in [-0.1, -0.05) is 49.4 Å². The van der Waals surface area contributed by atoms with Crippen LogP contribution in [0, 0.1) is 17.9 Å². The highest BCUT2D eigenvalue weighted by Gasteiger charge is 2.28. The van der Waals surface area contributed by atoms with E-state index in [1.807, 2.05) is 31.2 Å². The standard InChI is InChI=1S/C25H27NO4S/c1-18(6-5-9-19-7-3-2-4-8-19)22(27)13-10-20-11-15-24(28)26(20)17-16-21-12-14-23(31-21)25(29)30/h2-4,7-8,10,12-14,18,20,22,27H,5-6,9,11,15H2,1H3,(H,29,30)/b13-10+/t18?,20-,22+/m0/s1. The Bertz CT molecular complexity index is 986. The van der Waals surface area contributed by atoms with Crippen LogP contribution in [0.3, 0.4) is 0 Å². The number of hydrogen-bond acceptors (Lipinski definition) is 4. The van der Waals surface area contributed by atoms with Crippen molar-refractivity contribution < 1.29 is 19.8 Å². The van der Waals surface area contributed by atoms with Crippen molar-refractivity contribution >= 4 is 23.2 Å². The summed E-state index contributed by atoms with van der Waals surface area (Å²) in [4.78, 5) is 25.5. The highest BCUT2D eigenvalue weighted by atomic mass is 32.1. The third-order valence-corrected chi connectivity index (χ3v) is 6.44. The number of benzene rings is 1. The summed E-state index contributed by atoms with van der Waals surface area (Å²) in [5.74, 6) is 1.98. The van der Waals surface area contributed by atoms with Gasteiger partial charge in [0.15, 0.2) is 0 Å². The number of carbonyl (C=O) groups is 2. The molecule has 2 N–H and O–H groups in total. The molecule has 0 radical (unpaired) electrons. The Morgan fingerprint density at radius 3 is 2.77 bits per heavy atom. The number of amides is 1. The van der Waals surface area contributed by atoms with Gasteiger partial charge >= 0.3 is 5.97 Å². The number of carbonyl (C=O) groups excluding carboxylic acids is 1. The molecular weight excluding hydrogens is 410 g/mol. The number of carboxylic acids is 1. The van der Waals surface area contributed by atoms with Gasteiger partial charge in [-0.25, -0.2) is 4.79 Å². The van der Waals surface area contributed by atoms with E-state index < -0.39 is 12.1 Å². The lowest BCUT2D eigenvalue weighted by Crippen LogP contribution is -2.27. The molecule has 1 unspecified atom stereocenters. The molecule has 0 bridgehead atoms. The van der Waals surface area contributed by atoms with Crippen molar-refractivity contribution in [1.29, 1.82) is 0 Å². The molecular formula is C25H27NO4S. The van der Waals surface area contributed by atoms with Crippen LogP contribution in [0.15, 0.2) is 54.6 Å². The molecule has 1 fully saturated rings. The number of aliphatic hydroxyl groups is 1. The van der Waals surface area contributed by atoms with Gasteiger partial charge in [0.25, 0.3) is 0 Å². The lowest BCUT2D eigenvalue weighted by molar-refractivity contribution is -0.125. The number of nitrogens with zero attached hydrogens (tertiary/aromatic N) is 1. The van der Waals surface area contributed by atoms with Gasteiger partial charge in [0, 0.05) is 12.5 Å². The summed E-state index contributed by atoms with van der Waals surface area (Å²) in [5, 5.41) is 19.5. The minimum atomic E-state index is -0.983. The Morgan fingerprint density at radius 1 is 1.29 bits per heavy atom. The van der Waals surface area contributed by atoms with Gasteiger partial charge in [0.2, 0.25) is 5.91 Å². The molecule has 3 rings (SSSR count). The zero-order valence-corrected chi connectivity index (χ0v) is 18.3. The van der Waals surface area contributed by atoms with Crippen molar-refractivity contribution in [2.75, 3.05) is 0 Å². The number of likely N-dealkylation sites (tertiary alicyclic amines) is 1. The molecule has 6 heteroatoms. The Morgan fingerprint density at radius 2 is 2.06 bits per heavy atom. The van der Waals surface area contributed by atoms with E-state index in [1.54, 1.807) is 12.1 Å². The quantitative estimate of drug-likeness (QED) is 0.476. The fraction of sp³-hybridized carbons (Fsp3) is 0.360. The van der Waals surface area contributed by atoms with E-state index in [-0.39, 0.29) is 22.7 Å². The lowest BCUT2D eigenvalue weighted by Gasteiger charge is -2.18. The first-order valence-corrected chi connectivity index (χ1v) is 11.3. The van der Waals surface area contributed by atoms with Gasteiger partial charge in [-0.2, -0.15) is 0 Å².